The molecule has 0 aromatic rings. The summed E-state index contributed by atoms with van der Waals surface area (Å²) < 4.78 is 28.2. The number of sulfone groups is 1. The van der Waals surface area contributed by atoms with Crippen molar-refractivity contribution in [2.75, 3.05) is 64.5 Å². The highest BCUT2D eigenvalue weighted by Gasteiger charge is 2.30. The molecule has 0 radical (unpaired) electrons. The zero-order valence-electron chi connectivity index (χ0n) is 13.3. The number of rotatable bonds is 7. The van der Waals surface area contributed by atoms with Crippen molar-refractivity contribution in [3.05, 3.63) is 0 Å². The largest absolute Gasteiger partial charge is 0.379 e. The number of hydrogen-bond donors (Lipinski definition) is 1. The lowest BCUT2D eigenvalue weighted by Gasteiger charge is -2.26. The third-order valence-electron chi connectivity index (χ3n) is 4.38. The predicted octanol–water partition coefficient (Wildman–Crippen LogP) is -1.06. The molecule has 2 aliphatic rings. The summed E-state index contributed by atoms with van der Waals surface area (Å²) in [5.74, 6) is 0.525. The molecule has 2 fully saturated rings. The Morgan fingerprint density at radius 2 is 2.09 bits per heavy atom. The van der Waals surface area contributed by atoms with Gasteiger partial charge in [0, 0.05) is 45.2 Å². The number of amides is 1. The van der Waals surface area contributed by atoms with Crippen LogP contribution in [0.25, 0.3) is 0 Å². The van der Waals surface area contributed by atoms with E-state index in [4.69, 9.17) is 4.74 Å². The molecular weight excluding hydrogens is 306 g/mol. The summed E-state index contributed by atoms with van der Waals surface area (Å²) >= 11 is 0. The van der Waals surface area contributed by atoms with E-state index in [1.165, 1.54) is 0 Å². The lowest BCUT2D eigenvalue weighted by Crippen LogP contribution is -2.42. The van der Waals surface area contributed by atoms with E-state index in [2.05, 4.69) is 10.2 Å². The van der Waals surface area contributed by atoms with Crippen molar-refractivity contribution in [1.29, 1.82) is 0 Å². The zero-order chi connectivity index (χ0) is 16.0. The Balaban J connectivity index is 1.57. The van der Waals surface area contributed by atoms with Gasteiger partial charge < -0.3 is 15.0 Å². The van der Waals surface area contributed by atoms with Crippen LogP contribution in [0.4, 0.5) is 0 Å². The van der Waals surface area contributed by atoms with Crippen LogP contribution in [0.15, 0.2) is 0 Å². The van der Waals surface area contributed by atoms with Crippen molar-refractivity contribution < 1.29 is 17.9 Å². The Kier molecular flexibility index (Phi) is 6.61. The molecule has 0 aliphatic carbocycles. The highest BCUT2D eigenvalue weighted by molar-refractivity contribution is 7.91. The number of morpholine rings is 1. The van der Waals surface area contributed by atoms with E-state index >= 15 is 0 Å². The molecule has 7 nitrogen and oxygen atoms in total. The Morgan fingerprint density at radius 1 is 1.36 bits per heavy atom. The average Bonchev–Trinajstić information content (AvgIpc) is 2.86. The number of nitrogens with zero attached hydrogens (tertiary/aromatic N) is 2. The molecule has 1 amide bonds. The molecule has 8 heteroatoms. The van der Waals surface area contributed by atoms with Crippen LogP contribution in [0.3, 0.4) is 0 Å². The zero-order valence-corrected chi connectivity index (χ0v) is 14.1. The first-order valence-electron chi connectivity index (χ1n) is 7.94. The summed E-state index contributed by atoms with van der Waals surface area (Å²) in [6, 6.07) is 0.0612. The summed E-state index contributed by atoms with van der Waals surface area (Å²) in [5, 5.41) is 2.93. The van der Waals surface area contributed by atoms with Crippen LogP contribution in [-0.2, 0) is 19.4 Å². The first-order chi connectivity index (χ1) is 10.5. The Morgan fingerprint density at radius 3 is 2.73 bits per heavy atom. The molecule has 22 heavy (non-hydrogen) atoms. The van der Waals surface area contributed by atoms with Crippen molar-refractivity contribution in [3.63, 3.8) is 0 Å². The third-order valence-corrected chi connectivity index (χ3v) is 6.13. The van der Waals surface area contributed by atoms with Gasteiger partial charge in [0.25, 0.3) is 0 Å². The maximum atomic E-state index is 11.8. The number of carbonyl (C=O) groups is 1. The van der Waals surface area contributed by atoms with Gasteiger partial charge in [-0.15, -0.1) is 0 Å². The fraction of sp³-hybridized carbons (Fsp3) is 0.929. The molecule has 2 rings (SSSR count). The Labute approximate surface area is 132 Å². The fourth-order valence-electron chi connectivity index (χ4n) is 2.85. The van der Waals surface area contributed by atoms with E-state index in [0.29, 0.717) is 25.9 Å². The van der Waals surface area contributed by atoms with Crippen LogP contribution >= 0.6 is 0 Å². The number of nitrogens with one attached hydrogen (secondary N) is 1. The van der Waals surface area contributed by atoms with Gasteiger partial charge in [0.05, 0.1) is 24.7 Å². The molecular formula is C14H27N3O4S. The van der Waals surface area contributed by atoms with Crippen molar-refractivity contribution in [2.24, 2.45) is 0 Å². The predicted molar refractivity (Wildman–Crippen MR) is 84.6 cm³/mol. The third kappa shape index (κ3) is 5.83. The van der Waals surface area contributed by atoms with Crippen LogP contribution in [-0.4, -0.2) is 94.7 Å². The lowest BCUT2D eigenvalue weighted by atomic mass is 10.2. The molecule has 0 spiro atoms. The van der Waals surface area contributed by atoms with Crippen LogP contribution in [0.5, 0.6) is 0 Å². The molecule has 1 unspecified atom stereocenters. The second kappa shape index (κ2) is 8.24. The monoisotopic (exact) mass is 333 g/mol. The van der Waals surface area contributed by atoms with Crippen molar-refractivity contribution in [1.82, 2.24) is 15.1 Å². The van der Waals surface area contributed by atoms with E-state index in [9.17, 15) is 13.2 Å². The molecule has 2 saturated heterocycles. The second-order valence-electron chi connectivity index (χ2n) is 6.09. The SMILES string of the molecule is CN(CCC(=O)NCCN1CCOCC1)C1CCS(=O)(=O)C1. The molecule has 0 aromatic heterocycles. The summed E-state index contributed by atoms with van der Waals surface area (Å²) in [6.07, 6.45) is 1.09. The topological polar surface area (TPSA) is 79.0 Å². The van der Waals surface area contributed by atoms with Gasteiger partial charge in [-0.2, -0.15) is 0 Å². The Bertz CT molecular complexity index is 463. The van der Waals surface area contributed by atoms with E-state index in [0.717, 1.165) is 32.8 Å². The van der Waals surface area contributed by atoms with E-state index in [1.54, 1.807) is 0 Å². The maximum Gasteiger partial charge on any atom is 0.221 e. The maximum absolute atomic E-state index is 11.8. The van der Waals surface area contributed by atoms with Crippen LogP contribution in [0.1, 0.15) is 12.8 Å². The van der Waals surface area contributed by atoms with Gasteiger partial charge >= 0.3 is 0 Å². The molecule has 2 heterocycles. The highest BCUT2D eigenvalue weighted by Crippen LogP contribution is 2.16. The molecule has 0 saturated carbocycles. The fourth-order valence-corrected chi connectivity index (χ4v) is 4.66. The first-order valence-corrected chi connectivity index (χ1v) is 9.76. The molecule has 1 N–H and O–H groups in total. The van der Waals surface area contributed by atoms with Crippen LogP contribution in [0, 0.1) is 0 Å². The Hall–Kier alpha value is -0.700. The van der Waals surface area contributed by atoms with E-state index in [-0.39, 0.29) is 23.5 Å². The second-order valence-corrected chi connectivity index (χ2v) is 8.32. The quantitative estimate of drug-likeness (QED) is 0.640. The van der Waals surface area contributed by atoms with Crippen LogP contribution in [0.2, 0.25) is 0 Å². The summed E-state index contributed by atoms with van der Waals surface area (Å²) in [4.78, 5) is 16.1. The minimum absolute atomic E-state index is 0.0287. The van der Waals surface area contributed by atoms with Crippen molar-refractivity contribution in [3.8, 4) is 0 Å². The average molecular weight is 333 g/mol. The number of carbonyl (C=O) groups excluding carboxylic acids is 1. The molecule has 1 atom stereocenters. The van der Waals surface area contributed by atoms with Crippen molar-refractivity contribution in [2.45, 2.75) is 18.9 Å². The normalized spacial score (nSPS) is 25.5. The summed E-state index contributed by atoms with van der Waals surface area (Å²) in [6.45, 7) is 5.49. The van der Waals surface area contributed by atoms with Crippen LogP contribution < -0.4 is 5.32 Å². The van der Waals surface area contributed by atoms with Gasteiger partial charge in [-0.1, -0.05) is 0 Å². The molecule has 128 valence electrons. The number of ether oxygens (including phenoxy) is 1. The van der Waals surface area contributed by atoms with Gasteiger partial charge in [-0.25, -0.2) is 8.42 Å². The summed E-state index contributed by atoms with van der Waals surface area (Å²) in [7, 11) is -0.968. The van der Waals surface area contributed by atoms with Gasteiger partial charge in [0.1, 0.15) is 0 Å². The minimum atomic E-state index is -2.86. The van der Waals surface area contributed by atoms with Gasteiger partial charge in [0.2, 0.25) is 5.91 Å². The highest BCUT2D eigenvalue weighted by atomic mass is 32.2. The standard InChI is InChI=1S/C14H27N3O4S/c1-16(13-3-11-22(19,20)12-13)5-2-14(18)15-4-6-17-7-9-21-10-8-17/h13H,2-12H2,1H3,(H,15,18). The minimum Gasteiger partial charge on any atom is -0.379 e. The first kappa shape index (κ1) is 17.7. The van der Waals surface area contributed by atoms with Crippen molar-refractivity contribution >= 4 is 15.7 Å². The lowest BCUT2D eigenvalue weighted by molar-refractivity contribution is -0.121. The van der Waals surface area contributed by atoms with Gasteiger partial charge in [0.15, 0.2) is 9.84 Å². The van der Waals surface area contributed by atoms with Gasteiger partial charge in [-0.05, 0) is 13.5 Å². The van der Waals surface area contributed by atoms with E-state index < -0.39 is 9.84 Å². The molecule has 0 bridgehead atoms. The van der Waals surface area contributed by atoms with E-state index in [1.807, 2.05) is 11.9 Å². The smallest absolute Gasteiger partial charge is 0.221 e. The molecule has 0 aromatic carbocycles. The molecule has 2 aliphatic heterocycles. The van der Waals surface area contributed by atoms with Gasteiger partial charge in [-0.3, -0.25) is 9.69 Å². The number of hydrogen-bond acceptors (Lipinski definition) is 6. The summed E-state index contributed by atoms with van der Waals surface area (Å²) in [5.41, 5.74) is 0.